The van der Waals surface area contributed by atoms with Gasteiger partial charge in [-0.25, -0.2) is 0 Å². The molecule has 2 rings (SSSR count). The van der Waals surface area contributed by atoms with Crippen LogP contribution < -0.4 is 5.32 Å². The first-order chi connectivity index (χ1) is 8.34. The summed E-state index contributed by atoms with van der Waals surface area (Å²) in [4.78, 5) is 2.41. The Morgan fingerprint density at radius 3 is 2.65 bits per heavy atom. The van der Waals surface area contributed by atoms with Gasteiger partial charge in [0.2, 0.25) is 0 Å². The van der Waals surface area contributed by atoms with Crippen molar-refractivity contribution in [1.29, 1.82) is 0 Å². The summed E-state index contributed by atoms with van der Waals surface area (Å²) in [6.07, 6.45) is 4.04. The monoisotopic (exact) mass is 232 g/mol. The molecule has 17 heavy (non-hydrogen) atoms. The fraction of sp³-hybridized carbons (Fsp3) is 0.600. The van der Waals surface area contributed by atoms with Crippen molar-refractivity contribution in [1.82, 2.24) is 10.2 Å². The van der Waals surface area contributed by atoms with E-state index in [1.807, 2.05) is 0 Å². The molecule has 0 aromatic heterocycles. The van der Waals surface area contributed by atoms with Gasteiger partial charge >= 0.3 is 0 Å². The third-order valence-corrected chi connectivity index (χ3v) is 3.43. The molecule has 0 saturated heterocycles. The SMILES string of the molecule is CN(CCNCC1CC1)CCc1ccccc1. The zero-order valence-corrected chi connectivity index (χ0v) is 10.9. The second kappa shape index (κ2) is 6.77. The summed E-state index contributed by atoms with van der Waals surface area (Å²) >= 11 is 0. The highest BCUT2D eigenvalue weighted by Crippen LogP contribution is 2.27. The van der Waals surface area contributed by atoms with Crippen LogP contribution >= 0.6 is 0 Å². The Kier molecular flexibility index (Phi) is 5.02. The van der Waals surface area contributed by atoms with Crippen LogP contribution in [-0.2, 0) is 6.42 Å². The van der Waals surface area contributed by atoms with E-state index >= 15 is 0 Å². The maximum absolute atomic E-state index is 3.53. The Morgan fingerprint density at radius 2 is 1.94 bits per heavy atom. The van der Waals surface area contributed by atoms with Crippen molar-refractivity contribution in [2.75, 3.05) is 33.2 Å². The van der Waals surface area contributed by atoms with Gasteiger partial charge < -0.3 is 10.2 Å². The largest absolute Gasteiger partial charge is 0.315 e. The van der Waals surface area contributed by atoms with Gasteiger partial charge in [0, 0.05) is 19.6 Å². The predicted molar refractivity (Wildman–Crippen MR) is 73.2 cm³/mol. The first kappa shape index (κ1) is 12.6. The van der Waals surface area contributed by atoms with Gasteiger partial charge in [-0.15, -0.1) is 0 Å². The van der Waals surface area contributed by atoms with Crippen molar-refractivity contribution in [2.45, 2.75) is 19.3 Å². The van der Waals surface area contributed by atoms with Crippen LogP contribution in [0.25, 0.3) is 0 Å². The number of hydrogen-bond donors (Lipinski definition) is 1. The van der Waals surface area contributed by atoms with Gasteiger partial charge in [0.05, 0.1) is 0 Å². The topological polar surface area (TPSA) is 15.3 Å². The van der Waals surface area contributed by atoms with Gasteiger partial charge in [-0.3, -0.25) is 0 Å². The number of likely N-dealkylation sites (N-methyl/N-ethyl adjacent to an activating group) is 1. The van der Waals surface area contributed by atoms with Crippen LogP contribution in [0.5, 0.6) is 0 Å². The molecule has 0 amide bonds. The Balaban J connectivity index is 1.52. The minimum absolute atomic E-state index is 0.990. The average molecular weight is 232 g/mol. The van der Waals surface area contributed by atoms with Crippen LogP contribution in [-0.4, -0.2) is 38.1 Å². The molecule has 94 valence electrons. The Labute approximate surface area is 105 Å². The van der Waals surface area contributed by atoms with Gasteiger partial charge in [0.25, 0.3) is 0 Å². The van der Waals surface area contributed by atoms with E-state index in [4.69, 9.17) is 0 Å². The molecule has 1 saturated carbocycles. The van der Waals surface area contributed by atoms with Gasteiger partial charge in [0.1, 0.15) is 0 Å². The molecule has 0 atom stereocenters. The highest BCUT2D eigenvalue weighted by molar-refractivity contribution is 5.14. The molecule has 0 heterocycles. The lowest BCUT2D eigenvalue weighted by Gasteiger charge is -2.16. The van der Waals surface area contributed by atoms with Crippen molar-refractivity contribution >= 4 is 0 Å². The second-order valence-corrected chi connectivity index (χ2v) is 5.19. The van der Waals surface area contributed by atoms with Crippen LogP contribution in [0, 0.1) is 5.92 Å². The molecule has 0 bridgehead atoms. The third kappa shape index (κ3) is 5.33. The third-order valence-electron chi connectivity index (χ3n) is 3.43. The van der Waals surface area contributed by atoms with E-state index in [1.54, 1.807) is 0 Å². The van der Waals surface area contributed by atoms with Crippen molar-refractivity contribution < 1.29 is 0 Å². The molecule has 1 aliphatic rings. The molecule has 0 aliphatic heterocycles. The highest BCUT2D eigenvalue weighted by atomic mass is 15.1. The standard InChI is InChI=1S/C15H24N2/c1-17(12-10-16-13-15-7-8-15)11-9-14-5-3-2-4-6-14/h2-6,15-16H,7-13H2,1H3. The average Bonchev–Trinajstić information content (AvgIpc) is 3.17. The molecule has 1 aromatic carbocycles. The van der Waals surface area contributed by atoms with Crippen LogP contribution in [0.15, 0.2) is 30.3 Å². The van der Waals surface area contributed by atoms with Crippen LogP contribution in [0.1, 0.15) is 18.4 Å². The molecule has 1 N–H and O–H groups in total. The molecule has 1 fully saturated rings. The predicted octanol–water partition coefficient (Wildman–Crippen LogP) is 2.16. The molecule has 1 aromatic rings. The molecular formula is C15H24N2. The summed E-state index contributed by atoms with van der Waals surface area (Å²) in [6, 6.07) is 10.7. The first-order valence-electron chi connectivity index (χ1n) is 6.78. The normalized spacial score (nSPS) is 15.4. The summed E-state index contributed by atoms with van der Waals surface area (Å²) in [5.74, 6) is 0.990. The van der Waals surface area contributed by atoms with E-state index in [2.05, 4.69) is 47.6 Å². The Morgan fingerprint density at radius 1 is 1.18 bits per heavy atom. The van der Waals surface area contributed by atoms with Gasteiger partial charge in [0.15, 0.2) is 0 Å². The van der Waals surface area contributed by atoms with Crippen LogP contribution in [0.4, 0.5) is 0 Å². The molecule has 0 unspecified atom stereocenters. The van der Waals surface area contributed by atoms with Crippen molar-refractivity contribution in [3.63, 3.8) is 0 Å². The number of benzene rings is 1. The lowest BCUT2D eigenvalue weighted by molar-refractivity contribution is 0.335. The zero-order chi connectivity index (χ0) is 11.9. The van der Waals surface area contributed by atoms with Gasteiger partial charge in [-0.2, -0.15) is 0 Å². The van der Waals surface area contributed by atoms with Crippen molar-refractivity contribution in [3.8, 4) is 0 Å². The number of nitrogens with zero attached hydrogens (tertiary/aromatic N) is 1. The molecule has 2 nitrogen and oxygen atoms in total. The van der Waals surface area contributed by atoms with E-state index in [-0.39, 0.29) is 0 Å². The molecule has 0 spiro atoms. The molecule has 1 aliphatic carbocycles. The van der Waals surface area contributed by atoms with Gasteiger partial charge in [-0.05, 0) is 44.3 Å². The minimum Gasteiger partial charge on any atom is -0.315 e. The highest BCUT2D eigenvalue weighted by Gasteiger charge is 2.19. The van der Waals surface area contributed by atoms with Crippen LogP contribution in [0.2, 0.25) is 0 Å². The quantitative estimate of drug-likeness (QED) is 0.691. The summed E-state index contributed by atoms with van der Waals surface area (Å²) in [5.41, 5.74) is 1.44. The van der Waals surface area contributed by atoms with E-state index in [0.29, 0.717) is 0 Å². The number of nitrogens with one attached hydrogen (secondary N) is 1. The zero-order valence-electron chi connectivity index (χ0n) is 10.9. The van der Waals surface area contributed by atoms with E-state index in [0.717, 1.165) is 32.0 Å². The van der Waals surface area contributed by atoms with Crippen molar-refractivity contribution in [3.05, 3.63) is 35.9 Å². The van der Waals surface area contributed by atoms with Crippen molar-refractivity contribution in [2.24, 2.45) is 5.92 Å². The summed E-state index contributed by atoms with van der Waals surface area (Å²) in [7, 11) is 2.21. The van der Waals surface area contributed by atoms with Crippen LogP contribution in [0.3, 0.4) is 0 Å². The summed E-state index contributed by atoms with van der Waals surface area (Å²) in [5, 5.41) is 3.53. The molecular weight excluding hydrogens is 208 g/mol. The second-order valence-electron chi connectivity index (χ2n) is 5.19. The summed E-state index contributed by atoms with van der Waals surface area (Å²) in [6.45, 7) is 4.66. The smallest absolute Gasteiger partial charge is 0.0104 e. The van der Waals surface area contributed by atoms with Gasteiger partial charge in [-0.1, -0.05) is 30.3 Å². The maximum atomic E-state index is 3.53. The van der Waals surface area contributed by atoms with E-state index < -0.39 is 0 Å². The lowest BCUT2D eigenvalue weighted by Crippen LogP contribution is -2.31. The van der Waals surface area contributed by atoms with E-state index in [1.165, 1.54) is 24.9 Å². The fourth-order valence-corrected chi connectivity index (χ4v) is 1.97. The molecule has 0 radical (unpaired) electrons. The Bertz CT molecular complexity index is 306. The lowest BCUT2D eigenvalue weighted by atomic mass is 10.1. The number of rotatable bonds is 8. The maximum Gasteiger partial charge on any atom is 0.0104 e. The first-order valence-corrected chi connectivity index (χ1v) is 6.78. The Hall–Kier alpha value is -0.860. The molecule has 2 heteroatoms. The van der Waals surface area contributed by atoms with E-state index in [9.17, 15) is 0 Å². The summed E-state index contributed by atoms with van der Waals surface area (Å²) < 4.78 is 0. The number of hydrogen-bond acceptors (Lipinski definition) is 2. The fourth-order valence-electron chi connectivity index (χ4n) is 1.97. The minimum atomic E-state index is 0.990.